The van der Waals surface area contributed by atoms with Crippen molar-refractivity contribution in [2.24, 2.45) is 0 Å². The fourth-order valence-corrected chi connectivity index (χ4v) is 0.948. The Labute approximate surface area is 78.4 Å². The number of benzene rings is 1. The van der Waals surface area contributed by atoms with Crippen LogP contribution in [0.25, 0.3) is 0 Å². The minimum atomic E-state index is 0. The molecule has 1 nitrogen and oxygen atoms in total. The summed E-state index contributed by atoms with van der Waals surface area (Å²) in [7, 11) is 0. The van der Waals surface area contributed by atoms with Crippen LogP contribution in [0.2, 0.25) is 0 Å². The van der Waals surface area contributed by atoms with Gasteiger partial charge in [-0.25, -0.2) is 0 Å². The van der Waals surface area contributed by atoms with Gasteiger partial charge in [0.2, 0.25) is 0 Å². The minimum absolute atomic E-state index is 0. The summed E-state index contributed by atoms with van der Waals surface area (Å²) in [5.74, 6) is 0.598. The van der Waals surface area contributed by atoms with E-state index in [1.807, 2.05) is 6.07 Å². The predicted octanol–water partition coefficient (Wildman–Crippen LogP) is -1.96. The van der Waals surface area contributed by atoms with Crippen molar-refractivity contribution < 1.29 is 22.7 Å². The Morgan fingerprint density at radius 3 is 2.27 bits per heavy atom. The van der Waals surface area contributed by atoms with E-state index in [0.717, 1.165) is 6.54 Å². The Kier molecular flexibility index (Phi) is 5.16. The maximum atomic E-state index is 3.86. The van der Waals surface area contributed by atoms with E-state index in [4.69, 9.17) is 0 Å². The average Bonchev–Trinajstić information content (AvgIpc) is 2.05. The molecule has 1 aromatic rings. The molecule has 0 spiro atoms. The molecule has 0 bridgehead atoms. The van der Waals surface area contributed by atoms with Crippen LogP contribution in [0.4, 0.5) is 0 Å². The molecular weight excluding hydrogens is 202 g/mol. The lowest BCUT2D eigenvalue weighted by atomic mass is 10.0. The van der Waals surface area contributed by atoms with E-state index in [-0.39, 0.29) is 17.0 Å². The molecule has 0 aliphatic rings. The third-order valence-electron chi connectivity index (χ3n) is 1.80. The van der Waals surface area contributed by atoms with Crippen LogP contribution >= 0.6 is 0 Å². The van der Waals surface area contributed by atoms with E-state index in [9.17, 15) is 0 Å². The van der Waals surface area contributed by atoms with Crippen LogP contribution in [0, 0.1) is 0 Å². The van der Waals surface area contributed by atoms with Crippen molar-refractivity contribution in [3.05, 3.63) is 35.9 Å². The van der Waals surface area contributed by atoms with Crippen LogP contribution in [0.15, 0.2) is 30.3 Å². The van der Waals surface area contributed by atoms with Gasteiger partial charge in [0.15, 0.2) is 0 Å². The molecule has 0 amide bonds. The molecule has 1 atom stereocenters. The van der Waals surface area contributed by atoms with Crippen molar-refractivity contribution in [1.82, 2.24) is 0 Å². The van der Waals surface area contributed by atoms with E-state index in [0.29, 0.717) is 5.92 Å². The number of quaternary nitrogens is 1. The van der Waals surface area contributed by atoms with Crippen molar-refractivity contribution in [3.8, 4) is 0 Å². The van der Waals surface area contributed by atoms with Gasteiger partial charge in [-0.3, -0.25) is 0 Å². The summed E-state index contributed by atoms with van der Waals surface area (Å²) in [6, 6.07) is 10.5. The summed E-state index contributed by atoms with van der Waals surface area (Å²) in [6.45, 7) is 3.17. The van der Waals surface area contributed by atoms with E-state index >= 15 is 0 Å². The van der Waals surface area contributed by atoms with Crippen LogP contribution in [-0.4, -0.2) is 6.54 Å². The monoisotopic (exact) mass is 215 g/mol. The van der Waals surface area contributed by atoms with E-state index in [2.05, 4.69) is 36.9 Å². The first-order valence-electron chi connectivity index (χ1n) is 3.68. The Morgan fingerprint density at radius 1 is 1.27 bits per heavy atom. The lowest BCUT2D eigenvalue weighted by Crippen LogP contribution is -3.00. The average molecular weight is 216 g/mol. The van der Waals surface area contributed by atoms with E-state index in [1.165, 1.54) is 5.56 Å². The second kappa shape index (κ2) is 5.33. The molecule has 1 rings (SSSR count). The second-order valence-electron chi connectivity index (χ2n) is 2.60. The van der Waals surface area contributed by atoms with Crippen LogP contribution in [0.5, 0.6) is 0 Å². The van der Waals surface area contributed by atoms with Gasteiger partial charge in [-0.1, -0.05) is 37.3 Å². The maximum absolute atomic E-state index is 3.86. The van der Waals surface area contributed by atoms with E-state index < -0.39 is 0 Å². The second-order valence-corrected chi connectivity index (χ2v) is 2.60. The van der Waals surface area contributed by atoms with Crippen LogP contribution in [-0.2, 0) is 0 Å². The Morgan fingerprint density at radius 2 is 1.82 bits per heavy atom. The van der Waals surface area contributed by atoms with Crippen LogP contribution in [0.3, 0.4) is 0 Å². The molecule has 0 saturated heterocycles. The zero-order valence-electron chi connectivity index (χ0n) is 6.76. The normalized spacial score (nSPS) is 11.8. The van der Waals surface area contributed by atoms with Gasteiger partial charge in [0.25, 0.3) is 0 Å². The summed E-state index contributed by atoms with van der Waals surface area (Å²) in [5, 5.41) is 0. The molecule has 1 aromatic carbocycles. The zero-order valence-corrected chi connectivity index (χ0v) is 8.34. The highest BCUT2D eigenvalue weighted by Crippen LogP contribution is 2.10. The molecule has 0 aliphatic carbocycles. The first kappa shape index (κ1) is 10.7. The Hall–Kier alpha value is -0.340. The number of rotatable bonds is 2. The van der Waals surface area contributed by atoms with E-state index in [1.54, 1.807) is 0 Å². The molecule has 3 N–H and O–H groups in total. The molecule has 0 radical (unpaired) electrons. The third-order valence-corrected chi connectivity index (χ3v) is 1.80. The van der Waals surface area contributed by atoms with Crippen molar-refractivity contribution in [2.75, 3.05) is 6.54 Å². The third kappa shape index (κ3) is 3.04. The zero-order chi connectivity index (χ0) is 7.40. The maximum Gasteiger partial charge on any atom is 0.0806 e. The van der Waals surface area contributed by atoms with Gasteiger partial charge in [-0.05, 0) is 5.56 Å². The molecule has 11 heavy (non-hydrogen) atoms. The first-order chi connectivity index (χ1) is 4.84. The topological polar surface area (TPSA) is 27.6 Å². The Bertz CT molecular complexity index is 186. The van der Waals surface area contributed by atoms with Crippen molar-refractivity contribution in [2.45, 2.75) is 12.8 Å². The van der Waals surface area contributed by atoms with Crippen LogP contribution in [0.1, 0.15) is 18.4 Å². The van der Waals surface area contributed by atoms with Crippen molar-refractivity contribution in [3.63, 3.8) is 0 Å². The first-order valence-corrected chi connectivity index (χ1v) is 3.68. The minimum Gasteiger partial charge on any atom is -1.00 e. The summed E-state index contributed by atoms with van der Waals surface area (Å²) in [4.78, 5) is 0. The quantitative estimate of drug-likeness (QED) is 0.594. The van der Waals surface area contributed by atoms with Gasteiger partial charge in [0.1, 0.15) is 0 Å². The van der Waals surface area contributed by atoms with Gasteiger partial charge >= 0.3 is 0 Å². The van der Waals surface area contributed by atoms with Crippen molar-refractivity contribution in [1.29, 1.82) is 0 Å². The lowest BCUT2D eigenvalue weighted by Gasteiger charge is -2.04. The highest BCUT2D eigenvalue weighted by Gasteiger charge is 2.01. The molecule has 0 aromatic heterocycles. The number of hydrogen-bond acceptors (Lipinski definition) is 0. The number of hydrogen-bond donors (Lipinski definition) is 1. The van der Waals surface area contributed by atoms with Crippen molar-refractivity contribution >= 4 is 0 Å². The standard InChI is InChI=1S/C9H13N.BrH/c1-8(7-10)9-5-3-2-4-6-9;/h2-6,8H,7,10H2,1H3;1H/t8-;/m1./s1. The summed E-state index contributed by atoms with van der Waals surface area (Å²) < 4.78 is 0. The molecule has 0 unspecified atom stereocenters. The van der Waals surface area contributed by atoms with Gasteiger partial charge in [0.05, 0.1) is 6.54 Å². The Balaban J connectivity index is 0.000001000. The number of halogens is 1. The molecule has 62 valence electrons. The summed E-state index contributed by atoms with van der Waals surface area (Å²) in [5.41, 5.74) is 5.25. The molecule has 0 fully saturated rings. The smallest absolute Gasteiger partial charge is 0.0806 e. The predicted molar refractivity (Wildman–Crippen MR) is 42.6 cm³/mol. The SMILES string of the molecule is C[C@H](C[NH3+])c1ccccc1.[Br-]. The molecule has 0 heterocycles. The van der Waals surface area contributed by atoms with Gasteiger partial charge < -0.3 is 22.7 Å². The van der Waals surface area contributed by atoms with Gasteiger partial charge in [0, 0.05) is 5.92 Å². The fourth-order valence-electron chi connectivity index (χ4n) is 0.948. The molecule has 0 aliphatic heterocycles. The van der Waals surface area contributed by atoms with Gasteiger partial charge in [-0.15, -0.1) is 0 Å². The fraction of sp³-hybridized carbons (Fsp3) is 0.333. The molecule has 0 saturated carbocycles. The molecule has 2 heteroatoms. The summed E-state index contributed by atoms with van der Waals surface area (Å²) in [6.07, 6.45) is 0. The lowest BCUT2D eigenvalue weighted by molar-refractivity contribution is -0.371. The highest BCUT2D eigenvalue weighted by molar-refractivity contribution is 5.18. The summed E-state index contributed by atoms with van der Waals surface area (Å²) >= 11 is 0. The van der Waals surface area contributed by atoms with Gasteiger partial charge in [-0.2, -0.15) is 0 Å². The van der Waals surface area contributed by atoms with Crippen LogP contribution < -0.4 is 22.7 Å². The largest absolute Gasteiger partial charge is 1.00 e. The highest BCUT2D eigenvalue weighted by atomic mass is 79.9. The molecular formula is C9H14BrN.